The first kappa shape index (κ1) is 24.5. The standard InChI is InChI=1S/C23H22F2N6O3S2/c1-13-9-15-10-36-22(28-18(32)14-5-3-2-4-6-14)29-23(15,12-34-13)20-27-17(11-35-20)26-19(33)16-7-8-31(30-16)21(24)25/h2-8,11,13,15,21H,9-10,12H2,1H3,(H,26,33)(H,28,29,32)/t13-,15-,23?/m0/s1. The molecule has 3 aromatic rings. The number of benzene rings is 1. The molecule has 0 saturated carbocycles. The zero-order valence-electron chi connectivity index (χ0n) is 19.1. The molecule has 1 saturated heterocycles. The van der Waals surface area contributed by atoms with Crippen LogP contribution in [0.25, 0.3) is 0 Å². The molecule has 1 unspecified atom stereocenters. The summed E-state index contributed by atoms with van der Waals surface area (Å²) in [4.78, 5) is 34.8. The van der Waals surface area contributed by atoms with Crippen molar-refractivity contribution in [1.29, 1.82) is 0 Å². The highest BCUT2D eigenvalue weighted by Crippen LogP contribution is 2.47. The van der Waals surface area contributed by atoms with Crippen LogP contribution in [-0.4, -0.2) is 50.2 Å². The maximum absolute atomic E-state index is 12.8. The number of fused-ring (bicyclic) bond motifs is 1. The van der Waals surface area contributed by atoms with E-state index in [0.717, 1.165) is 12.6 Å². The number of carbonyl (C=O) groups is 2. The highest BCUT2D eigenvalue weighted by molar-refractivity contribution is 8.13. The lowest BCUT2D eigenvalue weighted by atomic mass is 9.80. The first-order chi connectivity index (χ1) is 17.3. The van der Waals surface area contributed by atoms with Gasteiger partial charge in [0.05, 0.1) is 12.7 Å². The monoisotopic (exact) mass is 532 g/mol. The van der Waals surface area contributed by atoms with Gasteiger partial charge >= 0.3 is 6.55 Å². The SMILES string of the molecule is C[C@H]1C[C@H]2CSC(NC(=O)c3ccccc3)=NC2(c2nc(NC(=O)c3ccn(C(F)F)n3)cs2)CO1. The van der Waals surface area contributed by atoms with Gasteiger partial charge in [-0.1, -0.05) is 30.0 Å². The smallest absolute Gasteiger partial charge is 0.333 e. The van der Waals surface area contributed by atoms with E-state index >= 15 is 0 Å². The number of amides is 2. The number of carbonyl (C=O) groups excluding carboxylic acids is 2. The van der Waals surface area contributed by atoms with E-state index in [1.807, 2.05) is 13.0 Å². The summed E-state index contributed by atoms with van der Waals surface area (Å²) in [6.07, 6.45) is 1.86. The minimum Gasteiger partial charge on any atom is -0.375 e. The number of halogens is 2. The fraction of sp³-hybridized carbons (Fsp3) is 0.348. The summed E-state index contributed by atoms with van der Waals surface area (Å²) in [6.45, 7) is -0.540. The Balaban J connectivity index is 1.39. The van der Waals surface area contributed by atoms with Gasteiger partial charge in [-0.2, -0.15) is 13.9 Å². The van der Waals surface area contributed by atoms with Gasteiger partial charge in [0.15, 0.2) is 10.9 Å². The molecule has 2 aromatic heterocycles. The number of aromatic nitrogens is 3. The topological polar surface area (TPSA) is 110 Å². The number of thioether (sulfide) groups is 1. The lowest BCUT2D eigenvalue weighted by Gasteiger charge is -2.44. The highest BCUT2D eigenvalue weighted by atomic mass is 32.2. The Labute approximate surface area is 213 Å². The molecule has 13 heteroatoms. The van der Waals surface area contributed by atoms with Crippen molar-refractivity contribution in [3.8, 4) is 0 Å². The first-order valence-corrected chi connectivity index (χ1v) is 13.0. The van der Waals surface area contributed by atoms with E-state index in [1.165, 1.54) is 29.2 Å². The second kappa shape index (κ2) is 10.1. The zero-order chi connectivity index (χ0) is 25.3. The lowest BCUT2D eigenvalue weighted by molar-refractivity contribution is -0.0466. The van der Waals surface area contributed by atoms with Crippen molar-refractivity contribution < 1.29 is 23.1 Å². The van der Waals surface area contributed by atoms with Gasteiger partial charge < -0.3 is 15.4 Å². The number of alkyl halides is 2. The van der Waals surface area contributed by atoms with Gasteiger partial charge in [0, 0.05) is 28.8 Å². The number of rotatable bonds is 5. The summed E-state index contributed by atoms with van der Waals surface area (Å²) >= 11 is 2.80. The molecule has 2 amide bonds. The van der Waals surface area contributed by atoms with Gasteiger partial charge in [0.2, 0.25) is 0 Å². The number of thiazole rings is 1. The number of hydrogen-bond donors (Lipinski definition) is 2. The summed E-state index contributed by atoms with van der Waals surface area (Å²) in [5, 5.41) is 11.9. The second-order valence-corrected chi connectivity index (χ2v) is 10.3. The quantitative estimate of drug-likeness (QED) is 0.511. The maximum Gasteiger partial charge on any atom is 0.333 e. The van der Waals surface area contributed by atoms with Crippen LogP contribution in [0.15, 0.2) is 53.0 Å². The minimum absolute atomic E-state index is 0.0588. The van der Waals surface area contributed by atoms with E-state index in [1.54, 1.807) is 29.6 Å². The number of amidine groups is 1. The van der Waals surface area contributed by atoms with Crippen molar-refractivity contribution in [3.05, 3.63) is 64.2 Å². The van der Waals surface area contributed by atoms with Crippen LogP contribution < -0.4 is 10.6 Å². The molecule has 0 bridgehead atoms. The predicted molar refractivity (Wildman–Crippen MR) is 133 cm³/mol. The van der Waals surface area contributed by atoms with Crippen LogP contribution in [0.2, 0.25) is 0 Å². The molecule has 36 heavy (non-hydrogen) atoms. The average molecular weight is 533 g/mol. The van der Waals surface area contributed by atoms with Gasteiger partial charge in [-0.15, -0.1) is 11.3 Å². The van der Waals surface area contributed by atoms with Crippen LogP contribution in [0.4, 0.5) is 14.6 Å². The van der Waals surface area contributed by atoms with E-state index in [2.05, 4.69) is 20.7 Å². The Bertz CT molecular complexity index is 1300. The summed E-state index contributed by atoms with van der Waals surface area (Å²) in [5.41, 5.74) is -0.435. The summed E-state index contributed by atoms with van der Waals surface area (Å²) in [7, 11) is 0. The summed E-state index contributed by atoms with van der Waals surface area (Å²) in [6, 6.07) is 10.1. The van der Waals surface area contributed by atoms with Crippen molar-refractivity contribution in [1.82, 2.24) is 20.1 Å². The summed E-state index contributed by atoms with van der Waals surface area (Å²) < 4.78 is 32.0. The van der Waals surface area contributed by atoms with Gasteiger partial charge in [-0.05, 0) is 31.5 Å². The van der Waals surface area contributed by atoms with E-state index in [-0.39, 0.29) is 36.0 Å². The Hall–Kier alpha value is -3.16. The Morgan fingerprint density at radius 3 is 2.75 bits per heavy atom. The van der Waals surface area contributed by atoms with Gasteiger partial charge in [0.25, 0.3) is 11.8 Å². The molecule has 0 spiro atoms. The minimum atomic E-state index is -2.83. The molecule has 4 heterocycles. The van der Waals surface area contributed by atoms with Crippen LogP contribution in [-0.2, 0) is 10.3 Å². The highest BCUT2D eigenvalue weighted by Gasteiger charge is 2.49. The molecule has 188 valence electrons. The molecule has 5 rings (SSSR count). The number of ether oxygens (including phenoxy) is 1. The second-order valence-electron chi connectivity index (χ2n) is 8.48. The van der Waals surface area contributed by atoms with Crippen LogP contribution in [0.3, 0.4) is 0 Å². The molecule has 0 radical (unpaired) electrons. The lowest BCUT2D eigenvalue weighted by Crippen LogP contribution is -2.50. The van der Waals surface area contributed by atoms with Crippen LogP contribution in [0, 0.1) is 5.92 Å². The predicted octanol–water partition coefficient (Wildman–Crippen LogP) is 4.14. The van der Waals surface area contributed by atoms with Crippen molar-refractivity contribution >= 4 is 45.9 Å². The fourth-order valence-corrected chi connectivity index (χ4v) is 6.28. The zero-order valence-corrected chi connectivity index (χ0v) is 20.7. The molecule has 3 atom stereocenters. The molecular weight excluding hydrogens is 510 g/mol. The average Bonchev–Trinajstić information content (AvgIpc) is 3.55. The van der Waals surface area contributed by atoms with Gasteiger partial charge in [-0.25, -0.2) is 14.7 Å². The normalized spacial score (nSPS) is 23.6. The molecule has 1 fully saturated rings. The number of nitrogens with zero attached hydrogens (tertiary/aromatic N) is 4. The van der Waals surface area contributed by atoms with Crippen LogP contribution in [0.5, 0.6) is 0 Å². The first-order valence-electron chi connectivity index (χ1n) is 11.2. The number of anilines is 1. The third kappa shape index (κ3) is 4.90. The third-order valence-corrected chi connectivity index (χ3v) is 8.06. The van der Waals surface area contributed by atoms with E-state index in [0.29, 0.717) is 26.2 Å². The van der Waals surface area contributed by atoms with Crippen molar-refractivity contribution in [2.45, 2.75) is 31.5 Å². The van der Waals surface area contributed by atoms with E-state index < -0.39 is 18.0 Å². The molecule has 2 N–H and O–H groups in total. The molecule has 2 aliphatic rings. The molecule has 0 aliphatic carbocycles. The van der Waals surface area contributed by atoms with Gasteiger partial charge in [0.1, 0.15) is 16.4 Å². The van der Waals surface area contributed by atoms with Crippen molar-refractivity contribution in [2.24, 2.45) is 10.9 Å². The fourth-order valence-electron chi connectivity index (χ4n) is 4.16. The maximum atomic E-state index is 12.8. The molecule has 9 nitrogen and oxygen atoms in total. The third-order valence-electron chi connectivity index (χ3n) is 6.02. The Kier molecular flexibility index (Phi) is 6.86. The Morgan fingerprint density at radius 1 is 1.19 bits per heavy atom. The molecule has 1 aromatic carbocycles. The number of aliphatic imine (C=N–C) groups is 1. The van der Waals surface area contributed by atoms with Crippen LogP contribution in [0.1, 0.15) is 45.7 Å². The van der Waals surface area contributed by atoms with Gasteiger partial charge in [-0.3, -0.25) is 9.59 Å². The van der Waals surface area contributed by atoms with Crippen molar-refractivity contribution in [2.75, 3.05) is 17.7 Å². The number of hydrogen-bond acceptors (Lipinski definition) is 8. The largest absolute Gasteiger partial charge is 0.375 e. The summed E-state index contributed by atoms with van der Waals surface area (Å²) in [5.74, 6) is 0.193. The van der Waals surface area contributed by atoms with Crippen LogP contribution >= 0.6 is 23.1 Å². The molecular formula is C23H22F2N6O3S2. The Morgan fingerprint density at radius 2 is 2.00 bits per heavy atom. The molecule has 2 aliphatic heterocycles. The van der Waals surface area contributed by atoms with E-state index in [9.17, 15) is 18.4 Å². The number of nitrogens with one attached hydrogen (secondary N) is 2. The van der Waals surface area contributed by atoms with Crippen molar-refractivity contribution in [3.63, 3.8) is 0 Å². The van der Waals surface area contributed by atoms with E-state index in [4.69, 9.17) is 9.73 Å².